The van der Waals surface area contributed by atoms with Gasteiger partial charge in [0.25, 0.3) is 0 Å². The second kappa shape index (κ2) is 19.0. The Morgan fingerprint density at radius 2 is 1.22 bits per heavy atom. The summed E-state index contributed by atoms with van der Waals surface area (Å²) in [5, 5.41) is 0. The standard InChI is InChI=1S/C19H40O2S2/c1-5-6-7-8-9-10-11-12-13-14-16-22-23-17-15-21-19(3)18(2)20-4/h18-19H,5-17H2,1-4H3. The van der Waals surface area contributed by atoms with Crippen LogP contribution in [0.25, 0.3) is 0 Å². The van der Waals surface area contributed by atoms with E-state index in [0.717, 1.165) is 12.4 Å². The lowest BCUT2D eigenvalue weighted by Gasteiger charge is -2.18. The van der Waals surface area contributed by atoms with E-state index in [1.165, 1.54) is 70.0 Å². The summed E-state index contributed by atoms with van der Waals surface area (Å²) < 4.78 is 11.0. The SMILES string of the molecule is CCCCCCCCCCCCSSCCOC(C)C(C)OC. The van der Waals surface area contributed by atoms with Gasteiger partial charge in [0.1, 0.15) is 0 Å². The monoisotopic (exact) mass is 364 g/mol. The van der Waals surface area contributed by atoms with E-state index in [0.29, 0.717) is 0 Å². The Morgan fingerprint density at radius 3 is 1.78 bits per heavy atom. The summed E-state index contributed by atoms with van der Waals surface area (Å²) in [7, 11) is 5.68. The summed E-state index contributed by atoms with van der Waals surface area (Å²) in [6.07, 6.45) is 14.6. The van der Waals surface area contributed by atoms with Crippen molar-refractivity contribution in [3.63, 3.8) is 0 Å². The third kappa shape index (κ3) is 17.2. The number of ether oxygens (including phenoxy) is 2. The van der Waals surface area contributed by atoms with Crippen molar-refractivity contribution in [1.82, 2.24) is 0 Å². The second-order valence-electron chi connectivity index (χ2n) is 6.34. The molecule has 0 saturated carbocycles. The lowest BCUT2D eigenvalue weighted by Crippen LogP contribution is -2.25. The van der Waals surface area contributed by atoms with Crippen molar-refractivity contribution in [3.8, 4) is 0 Å². The highest BCUT2D eigenvalue weighted by molar-refractivity contribution is 8.76. The molecule has 0 fully saturated rings. The fourth-order valence-electron chi connectivity index (χ4n) is 2.36. The predicted octanol–water partition coefficient (Wildman–Crippen LogP) is 6.73. The lowest BCUT2D eigenvalue weighted by atomic mass is 10.1. The molecule has 0 spiro atoms. The topological polar surface area (TPSA) is 18.5 Å². The van der Waals surface area contributed by atoms with E-state index in [1.807, 2.05) is 21.6 Å². The van der Waals surface area contributed by atoms with E-state index in [1.54, 1.807) is 7.11 Å². The van der Waals surface area contributed by atoms with Gasteiger partial charge >= 0.3 is 0 Å². The molecule has 0 aliphatic rings. The molecule has 0 aliphatic heterocycles. The average Bonchev–Trinajstić information content (AvgIpc) is 2.57. The molecule has 0 aromatic rings. The summed E-state index contributed by atoms with van der Waals surface area (Å²) in [6.45, 7) is 7.24. The number of methoxy groups -OCH3 is 1. The first-order chi connectivity index (χ1) is 11.2. The van der Waals surface area contributed by atoms with Crippen molar-refractivity contribution < 1.29 is 9.47 Å². The zero-order valence-electron chi connectivity index (χ0n) is 16.0. The summed E-state index contributed by atoms with van der Waals surface area (Å²) in [5.41, 5.74) is 0. The molecule has 0 radical (unpaired) electrons. The van der Waals surface area contributed by atoms with Gasteiger partial charge in [-0.15, -0.1) is 0 Å². The number of hydrogen-bond donors (Lipinski definition) is 0. The Hall–Kier alpha value is 0.620. The molecule has 0 heterocycles. The van der Waals surface area contributed by atoms with Gasteiger partial charge in [0.15, 0.2) is 0 Å². The fraction of sp³-hybridized carbons (Fsp3) is 1.00. The van der Waals surface area contributed by atoms with Crippen LogP contribution in [0.3, 0.4) is 0 Å². The van der Waals surface area contributed by atoms with Crippen molar-refractivity contribution in [2.24, 2.45) is 0 Å². The largest absolute Gasteiger partial charge is 0.379 e. The van der Waals surface area contributed by atoms with Crippen LogP contribution in [0.2, 0.25) is 0 Å². The normalized spacial score (nSPS) is 14.1. The second-order valence-corrected chi connectivity index (χ2v) is 9.04. The van der Waals surface area contributed by atoms with Gasteiger partial charge in [-0.1, -0.05) is 86.3 Å². The molecule has 2 atom stereocenters. The zero-order chi connectivity index (χ0) is 17.2. The van der Waals surface area contributed by atoms with Crippen molar-refractivity contribution in [1.29, 1.82) is 0 Å². The Kier molecular flexibility index (Phi) is 19.5. The molecule has 0 bridgehead atoms. The Bertz CT molecular complexity index is 227. The molecule has 0 N–H and O–H groups in total. The molecule has 4 heteroatoms. The highest BCUT2D eigenvalue weighted by atomic mass is 33.1. The van der Waals surface area contributed by atoms with Crippen molar-refractivity contribution in [2.45, 2.75) is 97.2 Å². The van der Waals surface area contributed by atoms with Crippen molar-refractivity contribution in [3.05, 3.63) is 0 Å². The molecule has 0 rings (SSSR count). The summed E-state index contributed by atoms with van der Waals surface area (Å²) >= 11 is 0. The van der Waals surface area contributed by atoms with Gasteiger partial charge in [0.05, 0.1) is 18.8 Å². The minimum atomic E-state index is 0.180. The van der Waals surface area contributed by atoms with Gasteiger partial charge in [-0.05, 0) is 20.3 Å². The molecule has 140 valence electrons. The van der Waals surface area contributed by atoms with Gasteiger partial charge < -0.3 is 9.47 Å². The first-order valence-electron chi connectivity index (χ1n) is 9.61. The number of hydrogen-bond acceptors (Lipinski definition) is 4. The van der Waals surface area contributed by atoms with E-state index < -0.39 is 0 Å². The molecular weight excluding hydrogens is 324 g/mol. The van der Waals surface area contributed by atoms with E-state index in [-0.39, 0.29) is 12.2 Å². The molecule has 2 unspecified atom stereocenters. The minimum Gasteiger partial charge on any atom is -0.379 e. The van der Waals surface area contributed by atoms with E-state index in [4.69, 9.17) is 9.47 Å². The average molecular weight is 365 g/mol. The Labute approximate surface area is 153 Å². The van der Waals surface area contributed by atoms with Crippen molar-refractivity contribution >= 4 is 21.6 Å². The van der Waals surface area contributed by atoms with Crippen LogP contribution in [-0.4, -0.2) is 37.4 Å². The van der Waals surface area contributed by atoms with Crippen LogP contribution < -0.4 is 0 Å². The lowest BCUT2D eigenvalue weighted by molar-refractivity contribution is -0.0327. The van der Waals surface area contributed by atoms with Crippen LogP contribution in [0.1, 0.15) is 85.0 Å². The van der Waals surface area contributed by atoms with Gasteiger partial charge in [-0.25, -0.2) is 0 Å². The van der Waals surface area contributed by atoms with Crippen LogP contribution in [-0.2, 0) is 9.47 Å². The third-order valence-electron chi connectivity index (χ3n) is 4.24. The fourth-order valence-corrected chi connectivity index (χ4v) is 4.35. The summed E-state index contributed by atoms with van der Waals surface area (Å²) in [5.74, 6) is 2.36. The van der Waals surface area contributed by atoms with Crippen molar-refractivity contribution in [2.75, 3.05) is 25.2 Å². The first kappa shape index (κ1) is 23.6. The van der Waals surface area contributed by atoms with E-state index >= 15 is 0 Å². The van der Waals surface area contributed by atoms with Gasteiger partial charge in [-0.2, -0.15) is 0 Å². The van der Waals surface area contributed by atoms with Gasteiger partial charge in [-0.3, -0.25) is 0 Å². The predicted molar refractivity (Wildman–Crippen MR) is 109 cm³/mol. The quantitative estimate of drug-likeness (QED) is 0.198. The highest BCUT2D eigenvalue weighted by Crippen LogP contribution is 2.23. The smallest absolute Gasteiger partial charge is 0.0806 e. The summed E-state index contributed by atoms with van der Waals surface area (Å²) in [4.78, 5) is 0. The molecule has 0 amide bonds. The van der Waals surface area contributed by atoms with Gasteiger partial charge in [0, 0.05) is 18.6 Å². The molecule has 0 aliphatic carbocycles. The van der Waals surface area contributed by atoms with Crippen LogP contribution in [0.5, 0.6) is 0 Å². The maximum atomic E-state index is 5.74. The molecule has 0 aromatic carbocycles. The maximum absolute atomic E-state index is 5.74. The number of unbranched alkanes of at least 4 members (excludes halogenated alkanes) is 9. The highest BCUT2D eigenvalue weighted by Gasteiger charge is 2.10. The minimum absolute atomic E-state index is 0.180. The third-order valence-corrected chi connectivity index (χ3v) is 6.70. The van der Waals surface area contributed by atoms with Crippen LogP contribution >= 0.6 is 21.6 Å². The Balaban J connectivity index is 3.08. The van der Waals surface area contributed by atoms with Gasteiger partial charge in [0.2, 0.25) is 0 Å². The molecule has 0 aromatic heterocycles. The first-order valence-corrected chi connectivity index (χ1v) is 12.1. The van der Waals surface area contributed by atoms with Crippen LogP contribution in [0.15, 0.2) is 0 Å². The molecular formula is C19H40O2S2. The molecule has 23 heavy (non-hydrogen) atoms. The molecule has 2 nitrogen and oxygen atoms in total. The van der Waals surface area contributed by atoms with Crippen LogP contribution in [0, 0.1) is 0 Å². The Morgan fingerprint density at radius 1 is 0.696 bits per heavy atom. The van der Waals surface area contributed by atoms with E-state index in [9.17, 15) is 0 Å². The maximum Gasteiger partial charge on any atom is 0.0806 e. The summed E-state index contributed by atoms with van der Waals surface area (Å²) in [6, 6.07) is 0. The van der Waals surface area contributed by atoms with E-state index in [2.05, 4.69) is 20.8 Å². The van der Waals surface area contributed by atoms with Crippen LogP contribution in [0.4, 0.5) is 0 Å². The molecule has 0 saturated heterocycles. The zero-order valence-corrected chi connectivity index (χ0v) is 17.6. The number of rotatable bonds is 18.